The number of carbonyl (C=O) groups excluding carboxylic acids is 2. The third kappa shape index (κ3) is 3.45. The molecule has 27 heavy (non-hydrogen) atoms. The Kier molecular flexibility index (Phi) is 4.46. The zero-order chi connectivity index (χ0) is 19.2. The van der Waals surface area contributed by atoms with Gasteiger partial charge >= 0.3 is 6.18 Å². The molecule has 1 aliphatic carbocycles. The number of hydrogen-bond acceptors (Lipinski definition) is 3. The van der Waals surface area contributed by atoms with Crippen LogP contribution in [-0.2, 0) is 6.18 Å². The highest BCUT2D eigenvalue weighted by molar-refractivity contribution is 7.12. The van der Waals surface area contributed by atoms with Crippen LogP contribution in [0, 0.1) is 5.92 Å². The van der Waals surface area contributed by atoms with Crippen molar-refractivity contribution >= 4 is 23.2 Å². The summed E-state index contributed by atoms with van der Waals surface area (Å²) >= 11 is 1.38. The predicted octanol–water partition coefficient (Wildman–Crippen LogP) is 3.80. The Morgan fingerprint density at radius 2 is 1.85 bits per heavy atom. The molecule has 0 unspecified atom stereocenters. The average Bonchev–Trinajstić information content (AvgIpc) is 3.37. The first-order chi connectivity index (χ1) is 12.8. The van der Waals surface area contributed by atoms with Crippen LogP contribution in [0.3, 0.4) is 0 Å². The number of carbonyl (C=O) groups is 2. The third-order valence-electron chi connectivity index (χ3n) is 5.32. The second-order valence-corrected chi connectivity index (χ2v) is 7.92. The minimum atomic E-state index is -4.41. The van der Waals surface area contributed by atoms with Crippen molar-refractivity contribution in [3.05, 3.63) is 57.8 Å². The average molecular weight is 394 g/mol. The molecule has 0 spiro atoms. The van der Waals surface area contributed by atoms with Gasteiger partial charge in [-0.15, -0.1) is 11.3 Å². The molecule has 1 aromatic heterocycles. The molecule has 1 N–H and O–H groups in total. The number of hydrogen-bond donors (Lipinski definition) is 1. The van der Waals surface area contributed by atoms with E-state index in [2.05, 4.69) is 5.32 Å². The standard InChI is InChI=1S/C19H17F3N2O2S/c20-19(21,22)13-5-3-11(4-6-13)18(26)24-10-12-8-14(24)9-15(12)23-17(25)16-2-1-7-27-16/h1-7,12,14-15H,8-10H2,(H,23,25)/t12-,14-,15-/m0/s1. The van der Waals surface area contributed by atoms with Crippen molar-refractivity contribution < 1.29 is 22.8 Å². The highest BCUT2D eigenvalue weighted by Crippen LogP contribution is 2.39. The van der Waals surface area contributed by atoms with Crippen molar-refractivity contribution in [1.29, 1.82) is 0 Å². The summed E-state index contributed by atoms with van der Waals surface area (Å²) in [7, 11) is 0. The van der Waals surface area contributed by atoms with Crippen molar-refractivity contribution in [2.75, 3.05) is 6.54 Å². The number of nitrogens with one attached hydrogen (secondary N) is 1. The van der Waals surface area contributed by atoms with Crippen molar-refractivity contribution in [2.24, 2.45) is 5.92 Å². The van der Waals surface area contributed by atoms with Crippen LogP contribution < -0.4 is 5.32 Å². The van der Waals surface area contributed by atoms with Gasteiger partial charge in [-0.2, -0.15) is 13.2 Å². The maximum Gasteiger partial charge on any atom is 0.416 e. The summed E-state index contributed by atoms with van der Waals surface area (Å²) in [5, 5.41) is 4.89. The Morgan fingerprint density at radius 3 is 2.41 bits per heavy atom. The quantitative estimate of drug-likeness (QED) is 0.861. The molecule has 142 valence electrons. The van der Waals surface area contributed by atoms with E-state index < -0.39 is 11.7 Å². The zero-order valence-electron chi connectivity index (χ0n) is 14.2. The Morgan fingerprint density at radius 1 is 1.11 bits per heavy atom. The molecule has 4 rings (SSSR count). The van der Waals surface area contributed by atoms with E-state index in [0.29, 0.717) is 17.8 Å². The van der Waals surface area contributed by atoms with Gasteiger partial charge < -0.3 is 10.2 Å². The van der Waals surface area contributed by atoms with Crippen LogP contribution in [0.25, 0.3) is 0 Å². The maximum absolute atomic E-state index is 12.7. The number of benzene rings is 1. The summed E-state index contributed by atoms with van der Waals surface area (Å²) in [4.78, 5) is 27.3. The van der Waals surface area contributed by atoms with E-state index in [0.717, 1.165) is 18.6 Å². The van der Waals surface area contributed by atoms with Crippen LogP contribution >= 0.6 is 11.3 Å². The Bertz CT molecular complexity index is 849. The van der Waals surface area contributed by atoms with Gasteiger partial charge in [-0.05, 0) is 54.5 Å². The Labute approximate surface area is 158 Å². The first kappa shape index (κ1) is 18.0. The molecule has 0 radical (unpaired) electrons. The molecule has 1 saturated carbocycles. The predicted molar refractivity (Wildman–Crippen MR) is 94.6 cm³/mol. The van der Waals surface area contributed by atoms with Crippen LogP contribution in [0.15, 0.2) is 41.8 Å². The fraction of sp³-hybridized carbons (Fsp3) is 0.368. The smallest absolute Gasteiger partial charge is 0.348 e. The van der Waals surface area contributed by atoms with E-state index in [1.807, 2.05) is 11.4 Å². The molecule has 2 bridgehead atoms. The lowest BCUT2D eigenvalue weighted by atomic mass is 10.0. The largest absolute Gasteiger partial charge is 0.416 e. The second-order valence-electron chi connectivity index (χ2n) is 6.98. The molecule has 8 heteroatoms. The summed E-state index contributed by atoms with van der Waals surface area (Å²) in [6.07, 6.45) is -2.93. The number of amides is 2. The molecule has 2 amide bonds. The molecule has 4 nitrogen and oxygen atoms in total. The van der Waals surface area contributed by atoms with Gasteiger partial charge in [-0.3, -0.25) is 9.59 Å². The lowest BCUT2D eigenvalue weighted by molar-refractivity contribution is -0.137. The SMILES string of the molecule is O=C(N[C@H]1C[C@@H]2C[C@H]1CN2C(=O)c1ccc(C(F)(F)F)cc1)c1cccs1. The van der Waals surface area contributed by atoms with Gasteiger partial charge in [-0.1, -0.05) is 6.07 Å². The fourth-order valence-corrected chi connectivity index (χ4v) is 4.62. The molecule has 2 fully saturated rings. The molecule has 1 saturated heterocycles. The maximum atomic E-state index is 12.7. The number of rotatable bonds is 3. The van der Waals surface area contributed by atoms with E-state index in [9.17, 15) is 22.8 Å². The monoisotopic (exact) mass is 394 g/mol. The van der Waals surface area contributed by atoms with Crippen LogP contribution in [0.4, 0.5) is 13.2 Å². The first-order valence-corrected chi connectivity index (χ1v) is 9.53. The van der Waals surface area contributed by atoms with E-state index in [-0.39, 0.29) is 35.4 Å². The highest BCUT2D eigenvalue weighted by Gasteiger charge is 2.47. The van der Waals surface area contributed by atoms with Crippen LogP contribution in [0.1, 0.15) is 38.4 Å². The number of halogens is 3. The molecule has 2 aliphatic rings. The normalized spacial score (nSPS) is 24.3. The van der Waals surface area contributed by atoms with Crippen LogP contribution in [0.5, 0.6) is 0 Å². The summed E-state index contributed by atoms with van der Waals surface area (Å²) in [5.74, 6) is -0.167. The lowest BCUT2D eigenvalue weighted by Crippen LogP contribution is -2.47. The zero-order valence-corrected chi connectivity index (χ0v) is 15.0. The van der Waals surface area contributed by atoms with Crippen molar-refractivity contribution in [1.82, 2.24) is 10.2 Å². The van der Waals surface area contributed by atoms with E-state index in [4.69, 9.17) is 0 Å². The first-order valence-electron chi connectivity index (χ1n) is 8.65. The number of alkyl halides is 3. The van der Waals surface area contributed by atoms with E-state index >= 15 is 0 Å². The highest BCUT2D eigenvalue weighted by atomic mass is 32.1. The Hall–Kier alpha value is -2.35. The van der Waals surface area contributed by atoms with E-state index in [1.165, 1.54) is 23.5 Å². The third-order valence-corrected chi connectivity index (χ3v) is 6.19. The van der Waals surface area contributed by atoms with Gasteiger partial charge in [0, 0.05) is 24.2 Å². The summed E-state index contributed by atoms with van der Waals surface area (Å²) in [5.41, 5.74) is -0.506. The minimum Gasteiger partial charge on any atom is -0.348 e. The molecule has 1 aromatic carbocycles. The molecule has 3 atom stereocenters. The van der Waals surface area contributed by atoms with Gasteiger partial charge in [-0.25, -0.2) is 0 Å². The number of thiophene rings is 1. The minimum absolute atomic E-state index is 0.0124. The van der Waals surface area contributed by atoms with Gasteiger partial charge in [0.05, 0.1) is 10.4 Å². The molecular formula is C19H17F3N2O2S. The van der Waals surface area contributed by atoms with Crippen LogP contribution in [-0.4, -0.2) is 35.3 Å². The summed E-state index contributed by atoms with van der Waals surface area (Å²) in [6, 6.07) is 7.97. The second kappa shape index (κ2) is 6.67. The van der Waals surface area contributed by atoms with Crippen molar-refractivity contribution in [3.8, 4) is 0 Å². The fourth-order valence-electron chi connectivity index (χ4n) is 3.99. The Balaban J connectivity index is 1.39. The number of piperidine rings is 1. The lowest BCUT2D eigenvalue weighted by Gasteiger charge is -2.32. The van der Waals surface area contributed by atoms with Crippen LogP contribution in [0.2, 0.25) is 0 Å². The van der Waals surface area contributed by atoms with Gasteiger partial charge in [0.2, 0.25) is 0 Å². The molecule has 1 aliphatic heterocycles. The van der Waals surface area contributed by atoms with Gasteiger partial charge in [0.25, 0.3) is 11.8 Å². The topological polar surface area (TPSA) is 49.4 Å². The molecular weight excluding hydrogens is 377 g/mol. The number of likely N-dealkylation sites (tertiary alicyclic amines) is 1. The van der Waals surface area contributed by atoms with E-state index in [1.54, 1.807) is 11.0 Å². The van der Waals surface area contributed by atoms with Crippen molar-refractivity contribution in [2.45, 2.75) is 31.1 Å². The van der Waals surface area contributed by atoms with Crippen molar-refractivity contribution in [3.63, 3.8) is 0 Å². The number of nitrogens with zero attached hydrogens (tertiary/aromatic N) is 1. The summed E-state index contributed by atoms with van der Waals surface area (Å²) in [6.45, 7) is 0.514. The van der Waals surface area contributed by atoms with Gasteiger partial charge in [0.1, 0.15) is 0 Å². The molecule has 2 heterocycles. The number of fused-ring (bicyclic) bond motifs is 2. The van der Waals surface area contributed by atoms with Gasteiger partial charge in [0.15, 0.2) is 0 Å². The summed E-state index contributed by atoms with van der Waals surface area (Å²) < 4.78 is 38.0. The molecule has 2 aromatic rings.